The zero-order valence-corrected chi connectivity index (χ0v) is 17.1. The summed E-state index contributed by atoms with van der Waals surface area (Å²) in [5, 5.41) is 12.0. The van der Waals surface area contributed by atoms with Crippen molar-refractivity contribution in [3.05, 3.63) is 66.0 Å². The summed E-state index contributed by atoms with van der Waals surface area (Å²) in [5.41, 5.74) is 1.22. The van der Waals surface area contributed by atoms with E-state index in [9.17, 15) is 24.3 Å². The number of aliphatic carboxylic acids is 1. The number of carbonyl (C=O) groups is 4. The Morgan fingerprint density at radius 2 is 1.87 bits per heavy atom. The fourth-order valence-electron chi connectivity index (χ4n) is 3.70. The third-order valence-electron chi connectivity index (χ3n) is 5.34. The largest absolute Gasteiger partial charge is 0.480 e. The van der Waals surface area contributed by atoms with Gasteiger partial charge in [-0.05, 0) is 36.6 Å². The SMILES string of the molecule is O=C(N[C@@H](Cc1cccnc1)C(=O)CCC(=O)N1CCC[C@H]1C(=O)O)c1ccccc1. The molecule has 2 amide bonds. The second-order valence-electron chi connectivity index (χ2n) is 7.51. The van der Waals surface area contributed by atoms with Gasteiger partial charge in [-0.3, -0.25) is 19.4 Å². The zero-order chi connectivity index (χ0) is 22.2. The third-order valence-corrected chi connectivity index (χ3v) is 5.34. The second-order valence-corrected chi connectivity index (χ2v) is 7.51. The molecule has 1 saturated heterocycles. The Kier molecular flexibility index (Phi) is 7.48. The van der Waals surface area contributed by atoms with E-state index in [1.165, 1.54) is 4.90 Å². The summed E-state index contributed by atoms with van der Waals surface area (Å²) >= 11 is 0. The normalized spacial score (nSPS) is 16.5. The fraction of sp³-hybridized carbons (Fsp3) is 0.348. The van der Waals surface area contributed by atoms with Crippen LogP contribution < -0.4 is 5.32 Å². The van der Waals surface area contributed by atoms with E-state index in [1.807, 2.05) is 6.07 Å². The van der Waals surface area contributed by atoms with Crippen LogP contribution in [0, 0.1) is 0 Å². The molecule has 0 aliphatic carbocycles. The van der Waals surface area contributed by atoms with Gasteiger partial charge in [0.2, 0.25) is 5.91 Å². The molecule has 8 heteroatoms. The predicted octanol–water partition coefficient (Wildman–Crippen LogP) is 1.85. The first-order chi connectivity index (χ1) is 15.0. The van der Waals surface area contributed by atoms with E-state index in [2.05, 4.69) is 10.3 Å². The number of ketones is 1. The number of Topliss-reactive ketones (excluding diaryl/α,β-unsaturated/α-hetero) is 1. The Bertz CT molecular complexity index is 933. The number of pyridine rings is 1. The second kappa shape index (κ2) is 10.5. The molecule has 1 aliphatic heterocycles. The summed E-state index contributed by atoms with van der Waals surface area (Å²) in [6.07, 6.45) is 4.38. The van der Waals surface area contributed by atoms with Crippen molar-refractivity contribution in [2.75, 3.05) is 6.54 Å². The van der Waals surface area contributed by atoms with Gasteiger partial charge in [-0.25, -0.2) is 4.79 Å². The molecule has 0 bridgehead atoms. The number of carbonyl (C=O) groups excluding carboxylic acids is 3. The van der Waals surface area contributed by atoms with E-state index < -0.39 is 18.1 Å². The van der Waals surface area contributed by atoms with Crippen molar-refractivity contribution in [1.29, 1.82) is 0 Å². The number of aromatic nitrogens is 1. The maximum Gasteiger partial charge on any atom is 0.326 e. The molecule has 2 N–H and O–H groups in total. The summed E-state index contributed by atoms with van der Waals surface area (Å²) in [6, 6.07) is 10.5. The molecule has 0 radical (unpaired) electrons. The van der Waals surface area contributed by atoms with Crippen LogP contribution in [0.1, 0.15) is 41.6 Å². The van der Waals surface area contributed by atoms with Gasteiger partial charge in [-0.2, -0.15) is 0 Å². The van der Waals surface area contributed by atoms with E-state index >= 15 is 0 Å². The van der Waals surface area contributed by atoms with Gasteiger partial charge in [0.25, 0.3) is 5.91 Å². The van der Waals surface area contributed by atoms with Crippen LogP contribution in [0.25, 0.3) is 0 Å². The molecule has 8 nitrogen and oxygen atoms in total. The maximum atomic E-state index is 12.9. The lowest BCUT2D eigenvalue weighted by molar-refractivity contribution is -0.148. The smallest absolute Gasteiger partial charge is 0.326 e. The van der Waals surface area contributed by atoms with Crippen LogP contribution in [0.15, 0.2) is 54.9 Å². The Hall–Kier alpha value is -3.55. The Morgan fingerprint density at radius 1 is 1.10 bits per heavy atom. The van der Waals surface area contributed by atoms with Gasteiger partial charge in [-0.1, -0.05) is 24.3 Å². The Morgan fingerprint density at radius 3 is 2.55 bits per heavy atom. The third kappa shape index (κ3) is 5.97. The van der Waals surface area contributed by atoms with Gasteiger partial charge in [0.05, 0.1) is 6.04 Å². The molecule has 0 unspecified atom stereocenters. The summed E-state index contributed by atoms with van der Waals surface area (Å²) in [5.74, 6) is -2.04. The van der Waals surface area contributed by atoms with Gasteiger partial charge in [0.1, 0.15) is 6.04 Å². The number of carboxylic acid groups (broad SMARTS) is 1. The van der Waals surface area contributed by atoms with E-state index in [0.29, 0.717) is 24.9 Å². The first-order valence-corrected chi connectivity index (χ1v) is 10.3. The predicted molar refractivity (Wildman–Crippen MR) is 112 cm³/mol. The Labute approximate surface area is 180 Å². The topological polar surface area (TPSA) is 117 Å². The minimum absolute atomic E-state index is 0.0817. The number of benzene rings is 1. The quantitative estimate of drug-likeness (QED) is 0.636. The number of carboxylic acids is 1. The number of rotatable bonds is 9. The maximum absolute atomic E-state index is 12.9. The Balaban J connectivity index is 1.66. The van der Waals surface area contributed by atoms with Crippen LogP contribution >= 0.6 is 0 Å². The average molecular weight is 423 g/mol. The number of hydrogen-bond donors (Lipinski definition) is 2. The summed E-state index contributed by atoms with van der Waals surface area (Å²) in [6.45, 7) is 0.383. The lowest BCUT2D eigenvalue weighted by Gasteiger charge is -2.22. The monoisotopic (exact) mass is 423 g/mol. The first kappa shape index (κ1) is 22.1. The van der Waals surface area contributed by atoms with Crippen LogP contribution in [0.5, 0.6) is 0 Å². The van der Waals surface area contributed by atoms with Crippen LogP contribution in [-0.2, 0) is 20.8 Å². The molecule has 31 heavy (non-hydrogen) atoms. The number of likely N-dealkylation sites (tertiary alicyclic amines) is 1. The van der Waals surface area contributed by atoms with Crippen molar-refractivity contribution in [2.45, 2.75) is 44.2 Å². The molecule has 0 spiro atoms. The van der Waals surface area contributed by atoms with E-state index in [0.717, 1.165) is 5.56 Å². The van der Waals surface area contributed by atoms with Crippen LogP contribution in [0.2, 0.25) is 0 Å². The lowest BCUT2D eigenvalue weighted by atomic mass is 9.99. The highest BCUT2D eigenvalue weighted by molar-refractivity contribution is 5.98. The van der Waals surface area contributed by atoms with Gasteiger partial charge >= 0.3 is 5.97 Å². The van der Waals surface area contributed by atoms with Crippen LogP contribution in [-0.4, -0.2) is 57.2 Å². The molecule has 2 heterocycles. The number of amides is 2. The number of hydrogen-bond acceptors (Lipinski definition) is 5. The molecule has 3 rings (SSSR count). The van der Waals surface area contributed by atoms with E-state index in [4.69, 9.17) is 0 Å². The van der Waals surface area contributed by atoms with Gasteiger partial charge in [0, 0.05) is 43.8 Å². The highest BCUT2D eigenvalue weighted by Crippen LogP contribution is 2.19. The molecule has 2 aromatic rings. The number of nitrogens with zero attached hydrogens (tertiary/aromatic N) is 2. The van der Waals surface area contributed by atoms with Crippen molar-refractivity contribution < 1.29 is 24.3 Å². The minimum atomic E-state index is -1.03. The summed E-state index contributed by atoms with van der Waals surface area (Å²) in [7, 11) is 0. The van der Waals surface area contributed by atoms with Crippen LogP contribution in [0.3, 0.4) is 0 Å². The van der Waals surface area contributed by atoms with Gasteiger partial charge < -0.3 is 15.3 Å². The van der Waals surface area contributed by atoms with E-state index in [-0.39, 0.29) is 36.9 Å². The summed E-state index contributed by atoms with van der Waals surface area (Å²) < 4.78 is 0. The summed E-state index contributed by atoms with van der Waals surface area (Å²) in [4.78, 5) is 54.7. The molecule has 1 fully saturated rings. The van der Waals surface area contributed by atoms with Crippen molar-refractivity contribution in [3.8, 4) is 0 Å². The lowest BCUT2D eigenvalue weighted by Crippen LogP contribution is -2.44. The van der Waals surface area contributed by atoms with Crippen molar-refractivity contribution >= 4 is 23.6 Å². The van der Waals surface area contributed by atoms with Gasteiger partial charge in [-0.15, -0.1) is 0 Å². The van der Waals surface area contributed by atoms with Crippen molar-refractivity contribution in [3.63, 3.8) is 0 Å². The fourth-order valence-corrected chi connectivity index (χ4v) is 3.70. The number of nitrogens with one attached hydrogen (secondary N) is 1. The van der Waals surface area contributed by atoms with Crippen LogP contribution in [0.4, 0.5) is 0 Å². The van der Waals surface area contributed by atoms with Crippen molar-refractivity contribution in [1.82, 2.24) is 15.2 Å². The zero-order valence-electron chi connectivity index (χ0n) is 17.1. The first-order valence-electron chi connectivity index (χ1n) is 10.3. The molecule has 2 atom stereocenters. The molecule has 1 aromatic carbocycles. The molecular weight excluding hydrogens is 398 g/mol. The van der Waals surface area contributed by atoms with Gasteiger partial charge in [0.15, 0.2) is 5.78 Å². The average Bonchev–Trinajstić information content (AvgIpc) is 3.28. The van der Waals surface area contributed by atoms with E-state index in [1.54, 1.807) is 48.8 Å². The molecule has 1 aliphatic rings. The molecular formula is C23H25N3O5. The van der Waals surface area contributed by atoms with Crippen molar-refractivity contribution in [2.24, 2.45) is 0 Å². The highest BCUT2D eigenvalue weighted by atomic mass is 16.4. The molecule has 1 aromatic heterocycles. The minimum Gasteiger partial charge on any atom is -0.480 e. The molecule has 162 valence electrons. The standard InChI is InChI=1S/C23H25N3O5/c27-20(10-11-21(28)26-13-5-9-19(26)23(30)31)18(14-16-6-4-12-24-15-16)25-22(29)17-7-2-1-3-8-17/h1-4,6-8,12,15,18-19H,5,9-11,13-14H2,(H,25,29)(H,30,31)/t18-,19-/m0/s1. The molecule has 0 saturated carbocycles. The highest BCUT2D eigenvalue weighted by Gasteiger charge is 2.34.